The van der Waals surface area contributed by atoms with Gasteiger partial charge in [0, 0.05) is 18.8 Å². The van der Waals surface area contributed by atoms with Gasteiger partial charge in [0.2, 0.25) is 0 Å². The molecular formula is C12H17N3O4S. The molecule has 1 atom stereocenters. The number of hydrogen-bond acceptors (Lipinski definition) is 5. The molecule has 0 aromatic carbocycles. The molecule has 0 spiro atoms. The first-order valence-electron chi connectivity index (χ1n) is 6.29. The molecule has 0 aliphatic carbocycles. The van der Waals surface area contributed by atoms with Gasteiger partial charge in [0.15, 0.2) is 5.03 Å². The number of sulfonamides is 1. The van der Waals surface area contributed by atoms with Crippen LogP contribution in [-0.2, 0) is 10.0 Å². The fourth-order valence-electron chi connectivity index (χ4n) is 2.21. The van der Waals surface area contributed by atoms with Crippen LogP contribution in [0, 0.1) is 0 Å². The summed E-state index contributed by atoms with van der Waals surface area (Å²) in [6, 6.07) is 2.30. The smallest absolute Gasteiger partial charge is 0.337 e. The van der Waals surface area contributed by atoms with Crippen LogP contribution in [-0.4, -0.2) is 55.6 Å². The molecule has 1 unspecified atom stereocenters. The molecule has 20 heavy (non-hydrogen) atoms. The van der Waals surface area contributed by atoms with E-state index in [1.54, 1.807) is 0 Å². The standard InChI is InChI=1S/C12H17N3O4S/c1-15-6-2-3-10(8-15)14-20(18,19)11-5-4-9(7-13-11)12(16)17/h4-5,7,10,14H,2-3,6,8H2,1H3,(H,16,17). The minimum absolute atomic E-state index is 0.0404. The number of carboxylic acid groups (broad SMARTS) is 1. The van der Waals surface area contributed by atoms with Gasteiger partial charge >= 0.3 is 5.97 Å². The van der Waals surface area contributed by atoms with E-state index in [4.69, 9.17) is 5.11 Å². The molecule has 1 saturated heterocycles. The predicted octanol–water partition coefficient (Wildman–Crippen LogP) is 0.152. The lowest BCUT2D eigenvalue weighted by atomic mass is 10.1. The first-order valence-corrected chi connectivity index (χ1v) is 7.77. The molecule has 0 radical (unpaired) electrons. The van der Waals surface area contributed by atoms with E-state index in [1.165, 1.54) is 12.1 Å². The van der Waals surface area contributed by atoms with Crippen LogP contribution in [0.3, 0.4) is 0 Å². The summed E-state index contributed by atoms with van der Waals surface area (Å²) in [5.41, 5.74) is -0.0404. The number of carbonyl (C=O) groups is 1. The summed E-state index contributed by atoms with van der Waals surface area (Å²) in [6.07, 6.45) is 2.77. The number of likely N-dealkylation sites (tertiary alicyclic amines) is 1. The van der Waals surface area contributed by atoms with Crippen LogP contribution >= 0.6 is 0 Å². The zero-order valence-electron chi connectivity index (χ0n) is 11.1. The zero-order chi connectivity index (χ0) is 14.8. The van der Waals surface area contributed by atoms with Crippen molar-refractivity contribution in [2.75, 3.05) is 20.1 Å². The summed E-state index contributed by atoms with van der Waals surface area (Å²) >= 11 is 0. The Balaban J connectivity index is 2.11. The third-order valence-corrected chi connectivity index (χ3v) is 4.64. The summed E-state index contributed by atoms with van der Waals surface area (Å²) < 4.78 is 26.9. The van der Waals surface area contributed by atoms with Gasteiger partial charge in [-0.1, -0.05) is 0 Å². The Hall–Kier alpha value is -1.51. The summed E-state index contributed by atoms with van der Waals surface area (Å²) in [7, 11) is -1.76. The Bertz CT molecular complexity index is 585. The van der Waals surface area contributed by atoms with E-state index in [0.717, 1.165) is 25.6 Å². The number of carboxylic acids is 1. The molecular weight excluding hydrogens is 282 g/mol. The fraction of sp³-hybridized carbons (Fsp3) is 0.500. The van der Waals surface area contributed by atoms with Crippen molar-refractivity contribution in [2.45, 2.75) is 23.9 Å². The highest BCUT2D eigenvalue weighted by Gasteiger charge is 2.24. The Morgan fingerprint density at radius 1 is 1.50 bits per heavy atom. The topological polar surface area (TPSA) is 99.6 Å². The molecule has 1 aliphatic heterocycles. The molecule has 0 amide bonds. The predicted molar refractivity (Wildman–Crippen MR) is 72.0 cm³/mol. The molecule has 110 valence electrons. The largest absolute Gasteiger partial charge is 0.478 e. The fourth-order valence-corrected chi connectivity index (χ4v) is 3.40. The highest BCUT2D eigenvalue weighted by molar-refractivity contribution is 7.89. The molecule has 2 N–H and O–H groups in total. The molecule has 2 heterocycles. The van der Waals surface area contributed by atoms with Gasteiger partial charge in [-0.05, 0) is 38.6 Å². The van der Waals surface area contributed by atoms with Crippen molar-refractivity contribution in [3.63, 3.8) is 0 Å². The van der Waals surface area contributed by atoms with Crippen LogP contribution < -0.4 is 4.72 Å². The van der Waals surface area contributed by atoms with Gasteiger partial charge in [0.25, 0.3) is 10.0 Å². The summed E-state index contributed by atoms with van der Waals surface area (Å²) in [5.74, 6) is -1.14. The van der Waals surface area contributed by atoms with E-state index in [9.17, 15) is 13.2 Å². The number of aromatic nitrogens is 1. The number of rotatable bonds is 4. The Kier molecular flexibility index (Phi) is 4.36. The highest BCUT2D eigenvalue weighted by Crippen LogP contribution is 2.12. The zero-order valence-corrected chi connectivity index (χ0v) is 11.9. The number of nitrogens with zero attached hydrogens (tertiary/aromatic N) is 2. The Morgan fingerprint density at radius 3 is 2.80 bits per heavy atom. The first-order chi connectivity index (χ1) is 9.38. The van der Waals surface area contributed by atoms with Gasteiger partial charge in [-0.2, -0.15) is 0 Å². The van der Waals surface area contributed by atoms with Gasteiger partial charge in [-0.3, -0.25) is 0 Å². The van der Waals surface area contributed by atoms with E-state index in [1.807, 2.05) is 7.05 Å². The number of likely N-dealkylation sites (N-methyl/N-ethyl adjacent to an activating group) is 1. The maximum Gasteiger partial charge on any atom is 0.337 e. The normalized spacial score (nSPS) is 20.8. The van der Waals surface area contributed by atoms with Crippen LogP contribution in [0.25, 0.3) is 0 Å². The van der Waals surface area contributed by atoms with E-state index in [-0.39, 0.29) is 16.6 Å². The Morgan fingerprint density at radius 2 is 2.25 bits per heavy atom. The summed E-state index contributed by atoms with van der Waals surface area (Å²) in [5, 5.41) is 8.60. The lowest BCUT2D eigenvalue weighted by Gasteiger charge is -2.29. The molecule has 1 fully saturated rings. The lowest BCUT2D eigenvalue weighted by molar-refractivity contribution is 0.0696. The van der Waals surface area contributed by atoms with Crippen LogP contribution in [0.15, 0.2) is 23.4 Å². The van der Waals surface area contributed by atoms with Gasteiger partial charge in [0.1, 0.15) is 0 Å². The molecule has 1 aromatic heterocycles. The van der Waals surface area contributed by atoms with Gasteiger partial charge in [0.05, 0.1) is 5.56 Å². The average molecular weight is 299 g/mol. The van der Waals surface area contributed by atoms with Gasteiger partial charge < -0.3 is 10.0 Å². The number of nitrogens with one attached hydrogen (secondary N) is 1. The van der Waals surface area contributed by atoms with Crippen molar-refractivity contribution in [2.24, 2.45) is 0 Å². The number of pyridine rings is 1. The Labute approximate surface area is 117 Å². The van der Waals surface area contributed by atoms with Crippen LogP contribution in [0.4, 0.5) is 0 Å². The highest BCUT2D eigenvalue weighted by atomic mass is 32.2. The molecule has 0 bridgehead atoms. The van der Waals surface area contributed by atoms with Crippen molar-refractivity contribution in [1.82, 2.24) is 14.6 Å². The second-order valence-electron chi connectivity index (χ2n) is 4.91. The minimum Gasteiger partial charge on any atom is -0.478 e. The first kappa shape index (κ1) is 14.9. The summed E-state index contributed by atoms with van der Waals surface area (Å²) in [4.78, 5) is 16.5. The minimum atomic E-state index is -3.71. The molecule has 7 nitrogen and oxygen atoms in total. The summed E-state index contributed by atoms with van der Waals surface area (Å²) in [6.45, 7) is 1.62. The van der Waals surface area contributed by atoms with Crippen LogP contribution in [0.1, 0.15) is 23.2 Å². The van der Waals surface area contributed by atoms with Crippen molar-refractivity contribution < 1.29 is 18.3 Å². The van der Waals surface area contributed by atoms with Crippen molar-refractivity contribution in [1.29, 1.82) is 0 Å². The number of aromatic carboxylic acids is 1. The average Bonchev–Trinajstić information content (AvgIpc) is 2.38. The molecule has 1 aromatic rings. The maximum absolute atomic E-state index is 12.1. The van der Waals surface area contributed by atoms with E-state index in [0.29, 0.717) is 6.54 Å². The number of piperidine rings is 1. The quantitative estimate of drug-likeness (QED) is 0.821. The second kappa shape index (κ2) is 5.86. The van der Waals surface area contributed by atoms with E-state index < -0.39 is 16.0 Å². The van der Waals surface area contributed by atoms with Crippen LogP contribution in [0.2, 0.25) is 0 Å². The SMILES string of the molecule is CN1CCCC(NS(=O)(=O)c2ccc(C(=O)O)cn2)C1. The second-order valence-corrected chi connectivity index (χ2v) is 6.57. The van der Waals surface area contributed by atoms with Crippen LogP contribution in [0.5, 0.6) is 0 Å². The number of hydrogen-bond donors (Lipinski definition) is 2. The van der Waals surface area contributed by atoms with E-state index in [2.05, 4.69) is 14.6 Å². The molecule has 2 rings (SSSR count). The molecule has 1 aliphatic rings. The van der Waals surface area contributed by atoms with E-state index >= 15 is 0 Å². The monoisotopic (exact) mass is 299 g/mol. The molecule has 0 saturated carbocycles. The van der Waals surface area contributed by atoms with Crippen molar-refractivity contribution >= 4 is 16.0 Å². The maximum atomic E-state index is 12.1. The van der Waals surface area contributed by atoms with Crippen molar-refractivity contribution in [3.05, 3.63) is 23.9 Å². The van der Waals surface area contributed by atoms with Crippen molar-refractivity contribution in [3.8, 4) is 0 Å². The lowest BCUT2D eigenvalue weighted by Crippen LogP contribution is -2.46. The third kappa shape index (κ3) is 3.53. The van der Waals surface area contributed by atoms with Gasteiger partial charge in [-0.15, -0.1) is 0 Å². The molecule has 8 heteroatoms. The van der Waals surface area contributed by atoms with Gasteiger partial charge in [-0.25, -0.2) is 22.9 Å². The third-order valence-electron chi connectivity index (χ3n) is 3.20.